The summed E-state index contributed by atoms with van der Waals surface area (Å²) in [5, 5.41) is 3.50. The Balaban J connectivity index is 0.00000300. The Kier molecular flexibility index (Phi) is 9.82. The largest absolute Gasteiger partial charge is 0.493 e. The van der Waals surface area contributed by atoms with Crippen LogP contribution in [-0.2, 0) is 13.0 Å². The molecule has 6 nitrogen and oxygen atoms in total. The molecule has 2 aliphatic rings. The highest BCUT2D eigenvalue weighted by molar-refractivity contribution is 14.0. The normalized spacial score (nSPS) is 19.5. The van der Waals surface area contributed by atoms with E-state index in [2.05, 4.69) is 41.1 Å². The van der Waals surface area contributed by atoms with Crippen molar-refractivity contribution in [3.05, 3.63) is 23.3 Å². The Morgan fingerprint density at radius 2 is 1.86 bits per heavy atom. The summed E-state index contributed by atoms with van der Waals surface area (Å²) < 4.78 is 11.0. The lowest BCUT2D eigenvalue weighted by molar-refractivity contribution is 0.325. The highest BCUT2D eigenvalue weighted by atomic mass is 127. The zero-order valence-electron chi connectivity index (χ0n) is 18.4. The highest BCUT2D eigenvalue weighted by Gasteiger charge is 2.24. The SMILES string of the molecule is CCCN1CCC(CN=C(NCC)N2CCc3cc(OC)c(OC)cc3C2)C1.I. The number of rotatable bonds is 7. The molecule has 1 N–H and O–H groups in total. The fourth-order valence-corrected chi connectivity index (χ4v) is 4.29. The van der Waals surface area contributed by atoms with Gasteiger partial charge in [0.05, 0.1) is 14.2 Å². The molecule has 1 saturated heterocycles. The molecule has 1 unspecified atom stereocenters. The maximum absolute atomic E-state index is 5.50. The van der Waals surface area contributed by atoms with Crippen LogP contribution >= 0.6 is 24.0 Å². The van der Waals surface area contributed by atoms with Crippen molar-refractivity contribution in [1.29, 1.82) is 0 Å². The number of nitrogens with zero attached hydrogens (tertiary/aromatic N) is 3. The lowest BCUT2D eigenvalue weighted by Crippen LogP contribution is -2.44. The first-order valence-corrected chi connectivity index (χ1v) is 10.7. The monoisotopic (exact) mass is 516 g/mol. The van der Waals surface area contributed by atoms with Gasteiger partial charge < -0.3 is 24.6 Å². The van der Waals surface area contributed by atoms with Crippen LogP contribution in [0.4, 0.5) is 0 Å². The molecule has 164 valence electrons. The van der Waals surface area contributed by atoms with Gasteiger partial charge in [-0.2, -0.15) is 0 Å². The summed E-state index contributed by atoms with van der Waals surface area (Å²) in [6, 6.07) is 4.24. The van der Waals surface area contributed by atoms with Gasteiger partial charge in [0.2, 0.25) is 0 Å². The van der Waals surface area contributed by atoms with E-state index in [9.17, 15) is 0 Å². The highest BCUT2D eigenvalue weighted by Crippen LogP contribution is 2.33. The van der Waals surface area contributed by atoms with Crippen LogP contribution in [0.25, 0.3) is 0 Å². The maximum Gasteiger partial charge on any atom is 0.194 e. The van der Waals surface area contributed by atoms with E-state index in [0.717, 1.165) is 50.1 Å². The first kappa shape index (κ1) is 24.1. The molecule has 1 aromatic carbocycles. The lowest BCUT2D eigenvalue weighted by atomic mass is 9.99. The second kappa shape index (κ2) is 11.8. The molecule has 3 rings (SSSR count). The van der Waals surface area contributed by atoms with E-state index in [1.54, 1.807) is 14.2 Å². The number of fused-ring (bicyclic) bond motifs is 1. The Bertz CT molecular complexity index is 683. The summed E-state index contributed by atoms with van der Waals surface area (Å²) >= 11 is 0. The summed E-state index contributed by atoms with van der Waals surface area (Å²) in [4.78, 5) is 9.96. The van der Waals surface area contributed by atoms with E-state index in [-0.39, 0.29) is 24.0 Å². The van der Waals surface area contributed by atoms with Crippen LogP contribution in [0.3, 0.4) is 0 Å². The quantitative estimate of drug-likeness (QED) is 0.342. The zero-order chi connectivity index (χ0) is 19.9. The molecule has 0 aromatic heterocycles. The molecule has 1 fully saturated rings. The average molecular weight is 516 g/mol. The Hall–Kier alpha value is -1.22. The summed E-state index contributed by atoms with van der Waals surface area (Å²) in [5.41, 5.74) is 2.64. The minimum atomic E-state index is 0. The van der Waals surface area contributed by atoms with Crippen molar-refractivity contribution in [3.63, 3.8) is 0 Å². The molecule has 0 spiro atoms. The van der Waals surface area contributed by atoms with Crippen LogP contribution in [0.1, 0.15) is 37.8 Å². The molecule has 0 amide bonds. The molecule has 0 aliphatic carbocycles. The van der Waals surface area contributed by atoms with E-state index in [0.29, 0.717) is 5.92 Å². The van der Waals surface area contributed by atoms with Gasteiger partial charge >= 0.3 is 0 Å². The molecule has 1 aromatic rings. The van der Waals surface area contributed by atoms with Crippen LogP contribution in [-0.4, -0.2) is 69.2 Å². The molecule has 1 atom stereocenters. The van der Waals surface area contributed by atoms with Gasteiger partial charge in [0, 0.05) is 32.7 Å². The minimum Gasteiger partial charge on any atom is -0.493 e. The third-order valence-electron chi connectivity index (χ3n) is 5.76. The van der Waals surface area contributed by atoms with Gasteiger partial charge in [0.25, 0.3) is 0 Å². The van der Waals surface area contributed by atoms with Crippen molar-refractivity contribution < 1.29 is 9.47 Å². The van der Waals surface area contributed by atoms with Crippen LogP contribution < -0.4 is 14.8 Å². The van der Waals surface area contributed by atoms with Crippen molar-refractivity contribution >= 4 is 29.9 Å². The van der Waals surface area contributed by atoms with Crippen LogP contribution in [0.2, 0.25) is 0 Å². The topological polar surface area (TPSA) is 49.3 Å². The fraction of sp³-hybridized carbons (Fsp3) is 0.682. The van der Waals surface area contributed by atoms with Gasteiger partial charge in [-0.05, 0) is 68.5 Å². The van der Waals surface area contributed by atoms with E-state index in [1.807, 2.05) is 0 Å². The van der Waals surface area contributed by atoms with E-state index in [4.69, 9.17) is 14.5 Å². The van der Waals surface area contributed by atoms with Gasteiger partial charge in [0.15, 0.2) is 17.5 Å². The summed E-state index contributed by atoms with van der Waals surface area (Å²) in [6.07, 6.45) is 3.50. The summed E-state index contributed by atoms with van der Waals surface area (Å²) in [6.45, 7) is 11.7. The van der Waals surface area contributed by atoms with Gasteiger partial charge in [0.1, 0.15) is 0 Å². The van der Waals surface area contributed by atoms with Crippen molar-refractivity contribution in [2.45, 2.75) is 39.7 Å². The standard InChI is InChI=1S/C22H36N4O2.HI/c1-5-9-25-10-7-17(15-25)14-24-22(23-6-2)26-11-8-18-12-20(27-3)21(28-4)13-19(18)16-26;/h12-13,17H,5-11,14-16H2,1-4H3,(H,23,24);1H. The van der Waals surface area contributed by atoms with Gasteiger partial charge in [-0.15, -0.1) is 24.0 Å². The van der Waals surface area contributed by atoms with Crippen molar-refractivity contribution in [2.24, 2.45) is 10.9 Å². The number of methoxy groups -OCH3 is 2. The molecule has 2 heterocycles. The van der Waals surface area contributed by atoms with Gasteiger partial charge in [-0.3, -0.25) is 4.99 Å². The molecule has 0 bridgehead atoms. The Morgan fingerprint density at radius 1 is 1.14 bits per heavy atom. The first-order valence-electron chi connectivity index (χ1n) is 10.7. The summed E-state index contributed by atoms with van der Waals surface area (Å²) in [7, 11) is 3.39. The van der Waals surface area contributed by atoms with Gasteiger partial charge in [-0.25, -0.2) is 0 Å². The molecule has 0 radical (unpaired) electrons. The minimum absolute atomic E-state index is 0. The number of halogens is 1. The van der Waals surface area contributed by atoms with Crippen LogP contribution in [0.15, 0.2) is 17.1 Å². The van der Waals surface area contributed by atoms with Crippen LogP contribution in [0, 0.1) is 5.92 Å². The number of nitrogens with one attached hydrogen (secondary N) is 1. The lowest BCUT2D eigenvalue weighted by Gasteiger charge is -2.32. The number of benzene rings is 1. The van der Waals surface area contributed by atoms with Crippen LogP contribution in [0.5, 0.6) is 11.5 Å². The predicted molar refractivity (Wildman–Crippen MR) is 130 cm³/mol. The Morgan fingerprint density at radius 3 is 2.52 bits per heavy atom. The number of likely N-dealkylation sites (tertiary alicyclic amines) is 1. The van der Waals surface area contributed by atoms with Gasteiger partial charge in [-0.1, -0.05) is 6.92 Å². The molecule has 7 heteroatoms. The van der Waals surface area contributed by atoms with E-state index in [1.165, 1.54) is 43.6 Å². The fourth-order valence-electron chi connectivity index (χ4n) is 4.29. The third-order valence-corrected chi connectivity index (χ3v) is 5.76. The van der Waals surface area contributed by atoms with Crippen molar-refractivity contribution in [2.75, 3.05) is 53.5 Å². The molecular formula is C22H37IN4O2. The molecular weight excluding hydrogens is 479 g/mol. The zero-order valence-corrected chi connectivity index (χ0v) is 20.7. The smallest absolute Gasteiger partial charge is 0.194 e. The Labute approximate surface area is 193 Å². The number of hydrogen-bond acceptors (Lipinski definition) is 4. The van der Waals surface area contributed by atoms with Crippen molar-refractivity contribution in [3.8, 4) is 11.5 Å². The second-order valence-electron chi connectivity index (χ2n) is 7.80. The second-order valence-corrected chi connectivity index (χ2v) is 7.80. The first-order chi connectivity index (χ1) is 13.7. The van der Waals surface area contributed by atoms with E-state index >= 15 is 0 Å². The molecule has 0 saturated carbocycles. The number of guanidine groups is 1. The average Bonchev–Trinajstić information content (AvgIpc) is 3.17. The maximum atomic E-state index is 5.50. The third kappa shape index (κ3) is 6.13. The van der Waals surface area contributed by atoms with Crippen molar-refractivity contribution in [1.82, 2.24) is 15.1 Å². The summed E-state index contributed by atoms with van der Waals surface area (Å²) in [5.74, 6) is 3.33. The van der Waals surface area contributed by atoms with E-state index < -0.39 is 0 Å². The number of hydrogen-bond donors (Lipinski definition) is 1. The predicted octanol–water partition coefficient (Wildman–Crippen LogP) is 3.38. The molecule has 29 heavy (non-hydrogen) atoms. The number of ether oxygens (including phenoxy) is 2. The molecule has 2 aliphatic heterocycles. The number of aliphatic imine (C=N–C) groups is 1.